The van der Waals surface area contributed by atoms with Crippen molar-refractivity contribution in [3.8, 4) is 0 Å². The van der Waals surface area contributed by atoms with E-state index in [9.17, 15) is 9.18 Å². The summed E-state index contributed by atoms with van der Waals surface area (Å²) >= 11 is 0. The number of hydrogen-bond acceptors (Lipinski definition) is 2. The van der Waals surface area contributed by atoms with E-state index in [2.05, 4.69) is 4.98 Å². The molecule has 1 N–H and O–H groups in total. The van der Waals surface area contributed by atoms with Gasteiger partial charge in [0.25, 0.3) is 0 Å². The lowest BCUT2D eigenvalue weighted by molar-refractivity contribution is -0.139. The smallest absolute Gasteiger partial charge is 0.314 e. The van der Waals surface area contributed by atoms with Gasteiger partial charge in [0.1, 0.15) is 23.1 Å². The van der Waals surface area contributed by atoms with Crippen LogP contribution in [0.3, 0.4) is 0 Å². The zero-order valence-corrected chi connectivity index (χ0v) is 9.64. The van der Waals surface area contributed by atoms with Gasteiger partial charge in [0.15, 0.2) is 0 Å². The molecule has 0 aliphatic heterocycles. The van der Waals surface area contributed by atoms with Crippen LogP contribution in [0.15, 0.2) is 18.2 Å². The Kier molecular flexibility index (Phi) is 2.83. The molecule has 17 heavy (non-hydrogen) atoms. The SMILES string of the molecule is CCC(C(=O)O)c1nc2cccc(F)c2n1C. The monoisotopic (exact) mass is 236 g/mol. The summed E-state index contributed by atoms with van der Waals surface area (Å²) in [7, 11) is 1.64. The van der Waals surface area contributed by atoms with Crippen LogP contribution >= 0.6 is 0 Å². The molecule has 0 saturated carbocycles. The molecular formula is C12H13FN2O2. The molecule has 0 fully saturated rings. The van der Waals surface area contributed by atoms with Gasteiger partial charge in [-0.05, 0) is 18.6 Å². The minimum atomic E-state index is -0.939. The molecule has 0 saturated heterocycles. The summed E-state index contributed by atoms with van der Waals surface area (Å²) < 4.78 is 15.1. The topological polar surface area (TPSA) is 55.1 Å². The van der Waals surface area contributed by atoms with Crippen molar-refractivity contribution in [2.75, 3.05) is 0 Å². The lowest BCUT2D eigenvalue weighted by Gasteiger charge is -2.09. The Morgan fingerprint density at radius 3 is 2.82 bits per heavy atom. The Hall–Kier alpha value is -1.91. The van der Waals surface area contributed by atoms with Gasteiger partial charge in [-0.25, -0.2) is 9.37 Å². The molecule has 1 atom stereocenters. The van der Waals surface area contributed by atoms with Crippen molar-refractivity contribution >= 4 is 17.0 Å². The molecule has 2 rings (SSSR count). The first-order valence-electron chi connectivity index (χ1n) is 5.40. The average molecular weight is 236 g/mol. The second kappa shape index (κ2) is 4.16. The van der Waals surface area contributed by atoms with Crippen molar-refractivity contribution in [2.24, 2.45) is 7.05 Å². The molecule has 1 heterocycles. The summed E-state index contributed by atoms with van der Waals surface area (Å²) in [4.78, 5) is 15.3. The van der Waals surface area contributed by atoms with Gasteiger partial charge in [-0.3, -0.25) is 4.79 Å². The summed E-state index contributed by atoms with van der Waals surface area (Å²) in [5.41, 5.74) is 0.837. The first-order valence-corrected chi connectivity index (χ1v) is 5.40. The van der Waals surface area contributed by atoms with E-state index in [4.69, 9.17) is 5.11 Å². The summed E-state index contributed by atoms with van der Waals surface area (Å²) in [6.45, 7) is 1.77. The van der Waals surface area contributed by atoms with Gasteiger partial charge in [-0.15, -0.1) is 0 Å². The van der Waals surface area contributed by atoms with Gasteiger partial charge in [-0.1, -0.05) is 13.0 Å². The molecule has 1 unspecified atom stereocenters. The normalized spacial score (nSPS) is 12.9. The number of aliphatic carboxylic acids is 1. The van der Waals surface area contributed by atoms with Gasteiger partial charge in [0, 0.05) is 7.05 Å². The minimum absolute atomic E-state index is 0.349. The number of halogens is 1. The molecule has 1 aromatic carbocycles. The highest BCUT2D eigenvalue weighted by Gasteiger charge is 2.24. The number of carbonyl (C=O) groups is 1. The van der Waals surface area contributed by atoms with Crippen LogP contribution in [0.5, 0.6) is 0 Å². The number of imidazole rings is 1. The number of nitrogens with zero attached hydrogens (tertiary/aromatic N) is 2. The van der Waals surface area contributed by atoms with Crippen LogP contribution in [0.1, 0.15) is 25.1 Å². The minimum Gasteiger partial charge on any atom is -0.481 e. The molecule has 1 aromatic heterocycles. The van der Waals surface area contributed by atoms with Crippen molar-refractivity contribution < 1.29 is 14.3 Å². The average Bonchev–Trinajstić information content (AvgIpc) is 2.58. The number of fused-ring (bicyclic) bond motifs is 1. The van der Waals surface area contributed by atoms with E-state index in [0.29, 0.717) is 23.3 Å². The molecule has 0 aliphatic carbocycles. The Morgan fingerprint density at radius 2 is 2.29 bits per heavy atom. The summed E-state index contributed by atoms with van der Waals surface area (Å²) in [5, 5.41) is 9.10. The van der Waals surface area contributed by atoms with Gasteiger partial charge in [0.2, 0.25) is 0 Å². The summed E-state index contributed by atoms with van der Waals surface area (Å²) in [6, 6.07) is 4.59. The lowest BCUT2D eigenvalue weighted by atomic mass is 10.1. The molecule has 2 aromatic rings. The van der Waals surface area contributed by atoms with Crippen LogP contribution in [-0.2, 0) is 11.8 Å². The van der Waals surface area contributed by atoms with Crippen molar-refractivity contribution in [3.05, 3.63) is 29.8 Å². The van der Waals surface area contributed by atoms with E-state index in [-0.39, 0.29) is 5.82 Å². The zero-order valence-electron chi connectivity index (χ0n) is 9.64. The van der Waals surface area contributed by atoms with Crippen LogP contribution in [0.2, 0.25) is 0 Å². The predicted octanol–water partition coefficient (Wildman–Crippen LogP) is 2.29. The van der Waals surface area contributed by atoms with Gasteiger partial charge in [0.05, 0.1) is 5.52 Å². The fraction of sp³-hybridized carbons (Fsp3) is 0.333. The Labute approximate surface area is 97.7 Å². The number of benzene rings is 1. The molecule has 0 aliphatic rings. The van der Waals surface area contributed by atoms with Crippen molar-refractivity contribution in [1.82, 2.24) is 9.55 Å². The number of aryl methyl sites for hydroxylation is 1. The summed E-state index contributed by atoms with van der Waals surface area (Å²) in [5.74, 6) is -1.64. The predicted molar refractivity (Wildman–Crippen MR) is 61.3 cm³/mol. The fourth-order valence-electron chi connectivity index (χ4n) is 2.02. The number of carboxylic acid groups (broad SMARTS) is 1. The maximum absolute atomic E-state index is 13.6. The number of aromatic nitrogens is 2. The first kappa shape index (κ1) is 11.6. The highest BCUT2D eigenvalue weighted by atomic mass is 19.1. The van der Waals surface area contributed by atoms with Gasteiger partial charge >= 0.3 is 5.97 Å². The number of carboxylic acids is 1. The van der Waals surface area contributed by atoms with Gasteiger partial charge in [-0.2, -0.15) is 0 Å². The number of hydrogen-bond donors (Lipinski definition) is 1. The third kappa shape index (κ3) is 1.77. The lowest BCUT2D eigenvalue weighted by Crippen LogP contribution is -2.15. The van der Waals surface area contributed by atoms with E-state index in [1.165, 1.54) is 10.6 Å². The van der Waals surface area contributed by atoms with Crippen molar-refractivity contribution in [3.63, 3.8) is 0 Å². The van der Waals surface area contributed by atoms with E-state index in [0.717, 1.165) is 0 Å². The molecule has 0 bridgehead atoms. The van der Waals surface area contributed by atoms with Crippen LogP contribution < -0.4 is 0 Å². The highest BCUT2D eigenvalue weighted by molar-refractivity contribution is 5.80. The van der Waals surface area contributed by atoms with Crippen molar-refractivity contribution in [2.45, 2.75) is 19.3 Å². The van der Waals surface area contributed by atoms with Crippen LogP contribution in [0, 0.1) is 5.82 Å². The molecule has 5 heteroatoms. The van der Waals surface area contributed by atoms with Crippen molar-refractivity contribution in [1.29, 1.82) is 0 Å². The molecule has 0 spiro atoms. The molecular weight excluding hydrogens is 223 g/mol. The quantitative estimate of drug-likeness (QED) is 0.889. The highest BCUT2D eigenvalue weighted by Crippen LogP contribution is 2.25. The van der Waals surface area contributed by atoms with E-state index in [1.54, 1.807) is 26.1 Å². The standard InChI is InChI=1S/C12H13FN2O2/c1-3-7(12(16)17)11-14-9-6-4-5-8(13)10(9)15(11)2/h4-7H,3H2,1-2H3,(H,16,17). The van der Waals surface area contributed by atoms with Crippen LogP contribution in [-0.4, -0.2) is 20.6 Å². The maximum atomic E-state index is 13.6. The second-order valence-corrected chi connectivity index (χ2v) is 3.94. The fourth-order valence-corrected chi connectivity index (χ4v) is 2.02. The van der Waals surface area contributed by atoms with Crippen LogP contribution in [0.4, 0.5) is 4.39 Å². The largest absolute Gasteiger partial charge is 0.481 e. The van der Waals surface area contributed by atoms with E-state index >= 15 is 0 Å². The molecule has 90 valence electrons. The number of rotatable bonds is 3. The Balaban J connectivity index is 2.67. The van der Waals surface area contributed by atoms with E-state index in [1.807, 2.05) is 0 Å². The number of para-hydroxylation sites is 1. The molecule has 0 amide bonds. The molecule has 0 radical (unpaired) electrons. The van der Waals surface area contributed by atoms with E-state index < -0.39 is 11.9 Å². The van der Waals surface area contributed by atoms with Crippen LogP contribution in [0.25, 0.3) is 11.0 Å². The Bertz CT molecular complexity index is 577. The first-order chi connectivity index (χ1) is 8.06. The van der Waals surface area contributed by atoms with Gasteiger partial charge < -0.3 is 9.67 Å². The second-order valence-electron chi connectivity index (χ2n) is 3.94. The molecule has 4 nitrogen and oxygen atoms in total. The summed E-state index contributed by atoms with van der Waals surface area (Å²) in [6.07, 6.45) is 0.425. The third-order valence-corrected chi connectivity index (χ3v) is 2.90. The zero-order chi connectivity index (χ0) is 12.6. The Morgan fingerprint density at radius 1 is 1.59 bits per heavy atom. The maximum Gasteiger partial charge on any atom is 0.314 e. The third-order valence-electron chi connectivity index (χ3n) is 2.90.